The number of halogens is 1. The highest BCUT2D eigenvalue weighted by Gasteiger charge is 2.11. The fourth-order valence-electron chi connectivity index (χ4n) is 1.07. The van der Waals surface area contributed by atoms with Gasteiger partial charge in [0.05, 0.1) is 0 Å². The average Bonchev–Trinajstić information content (AvgIpc) is 2.08. The summed E-state index contributed by atoms with van der Waals surface area (Å²) in [7, 11) is 0. The van der Waals surface area contributed by atoms with Gasteiger partial charge < -0.3 is 10.8 Å². The third-order valence-corrected chi connectivity index (χ3v) is 1.89. The molecule has 1 aromatic rings. The average molecular weight is 216 g/mol. The van der Waals surface area contributed by atoms with E-state index in [1.54, 1.807) is 0 Å². The van der Waals surface area contributed by atoms with Gasteiger partial charge in [0.2, 0.25) is 0 Å². The number of carboxylic acids is 1. The van der Waals surface area contributed by atoms with Gasteiger partial charge in [0.15, 0.2) is 0 Å². The molecule has 1 rings (SSSR count). The molecule has 0 unspecified atom stereocenters. The van der Waals surface area contributed by atoms with Crippen LogP contribution in [0.1, 0.15) is 11.1 Å². The van der Waals surface area contributed by atoms with E-state index in [-0.39, 0.29) is 12.4 Å². The lowest BCUT2D eigenvalue weighted by molar-refractivity contribution is -0.138. The molecular weight excluding hydrogens is 202 g/mol. The Kier molecular flexibility index (Phi) is 5.20. The van der Waals surface area contributed by atoms with E-state index in [0.29, 0.717) is 6.42 Å². The summed E-state index contributed by atoms with van der Waals surface area (Å²) in [5.41, 5.74) is 7.51. The van der Waals surface area contributed by atoms with E-state index in [4.69, 9.17) is 10.8 Å². The van der Waals surface area contributed by atoms with Crippen LogP contribution in [0.25, 0.3) is 0 Å². The quantitative estimate of drug-likeness (QED) is 0.801. The maximum atomic E-state index is 10.4. The first-order valence-electron chi connectivity index (χ1n) is 4.13. The number of nitrogens with two attached hydrogens (primary N) is 1. The van der Waals surface area contributed by atoms with E-state index >= 15 is 0 Å². The van der Waals surface area contributed by atoms with E-state index in [1.165, 1.54) is 0 Å². The van der Waals surface area contributed by atoms with Crippen LogP contribution in [0.3, 0.4) is 0 Å². The van der Waals surface area contributed by atoms with Crippen molar-refractivity contribution in [2.24, 2.45) is 5.73 Å². The topological polar surface area (TPSA) is 63.3 Å². The fourth-order valence-corrected chi connectivity index (χ4v) is 1.07. The minimum Gasteiger partial charge on any atom is -0.480 e. The molecule has 0 amide bonds. The lowest BCUT2D eigenvalue weighted by atomic mass is 10.1. The third-order valence-electron chi connectivity index (χ3n) is 1.89. The molecule has 4 heteroatoms. The van der Waals surface area contributed by atoms with Crippen LogP contribution in [0.4, 0.5) is 0 Å². The van der Waals surface area contributed by atoms with Crippen molar-refractivity contribution in [3.63, 3.8) is 0 Å². The SMILES string of the molecule is Cc1ccc(C[C@@H](N)C(=O)O)cc1.Cl. The molecule has 0 heterocycles. The number of hydrogen-bond donors (Lipinski definition) is 2. The summed E-state index contributed by atoms with van der Waals surface area (Å²) in [6, 6.07) is 6.90. The second-order valence-electron chi connectivity index (χ2n) is 3.13. The fraction of sp³-hybridized carbons (Fsp3) is 0.300. The molecule has 0 saturated carbocycles. The van der Waals surface area contributed by atoms with Crippen molar-refractivity contribution in [1.82, 2.24) is 0 Å². The van der Waals surface area contributed by atoms with Gasteiger partial charge in [-0.1, -0.05) is 29.8 Å². The molecule has 1 aromatic carbocycles. The highest BCUT2D eigenvalue weighted by atomic mass is 35.5. The van der Waals surface area contributed by atoms with Crippen molar-refractivity contribution in [3.8, 4) is 0 Å². The van der Waals surface area contributed by atoms with Crippen molar-refractivity contribution >= 4 is 18.4 Å². The van der Waals surface area contributed by atoms with Crippen LogP contribution in [-0.2, 0) is 11.2 Å². The summed E-state index contributed by atoms with van der Waals surface area (Å²) in [4.78, 5) is 10.4. The molecule has 0 saturated heterocycles. The summed E-state index contributed by atoms with van der Waals surface area (Å²) in [6.45, 7) is 1.99. The molecule has 0 bridgehead atoms. The summed E-state index contributed by atoms with van der Waals surface area (Å²) < 4.78 is 0. The molecule has 0 aliphatic rings. The van der Waals surface area contributed by atoms with E-state index in [9.17, 15) is 4.79 Å². The van der Waals surface area contributed by atoms with E-state index in [0.717, 1.165) is 11.1 Å². The monoisotopic (exact) mass is 215 g/mol. The maximum Gasteiger partial charge on any atom is 0.320 e. The molecule has 78 valence electrons. The van der Waals surface area contributed by atoms with Crippen LogP contribution in [0.5, 0.6) is 0 Å². The number of hydrogen-bond acceptors (Lipinski definition) is 2. The van der Waals surface area contributed by atoms with Crippen molar-refractivity contribution < 1.29 is 9.90 Å². The lowest BCUT2D eigenvalue weighted by Crippen LogP contribution is -2.32. The van der Waals surface area contributed by atoms with Crippen molar-refractivity contribution in [2.75, 3.05) is 0 Å². The van der Waals surface area contributed by atoms with Crippen molar-refractivity contribution in [1.29, 1.82) is 0 Å². The number of aliphatic carboxylic acids is 1. The van der Waals surface area contributed by atoms with Crippen LogP contribution in [0.15, 0.2) is 24.3 Å². The summed E-state index contributed by atoms with van der Waals surface area (Å²) >= 11 is 0. The third kappa shape index (κ3) is 3.77. The highest BCUT2D eigenvalue weighted by Crippen LogP contribution is 2.05. The van der Waals surface area contributed by atoms with Crippen LogP contribution < -0.4 is 5.73 Å². The predicted molar refractivity (Wildman–Crippen MR) is 57.7 cm³/mol. The largest absolute Gasteiger partial charge is 0.480 e. The highest BCUT2D eigenvalue weighted by molar-refractivity contribution is 5.85. The molecule has 14 heavy (non-hydrogen) atoms. The van der Waals surface area contributed by atoms with Crippen LogP contribution in [0.2, 0.25) is 0 Å². The second-order valence-corrected chi connectivity index (χ2v) is 3.13. The molecular formula is C10H14ClNO2. The van der Waals surface area contributed by atoms with Gasteiger partial charge >= 0.3 is 5.97 Å². The van der Waals surface area contributed by atoms with Crippen LogP contribution in [0, 0.1) is 6.92 Å². The molecule has 0 fully saturated rings. The normalized spacial score (nSPS) is 11.6. The molecule has 0 radical (unpaired) electrons. The second kappa shape index (κ2) is 5.62. The van der Waals surface area contributed by atoms with E-state index in [2.05, 4.69) is 0 Å². The van der Waals surface area contributed by atoms with Gasteiger partial charge in [-0.15, -0.1) is 12.4 Å². The molecule has 0 aliphatic carbocycles. The van der Waals surface area contributed by atoms with Gasteiger partial charge in [0.25, 0.3) is 0 Å². The summed E-state index contributed by atoms with van der Waals surface area (Å²) in [6.07, 6.45) is 0.385. The van der Waals surface area contributed by atoms with Crippen molar-refractivity contribution in [2.45, 2.75) is 19.4 Å². The summed E-state index contributed by atoms with van der Waals surface area (Å²) in [5.74, 6) is -0.958. The van der Waals surface area contributed by atoms with Gasteiger partial charge in [0.1, 0.15) is 6.04 Å². The minimum atomic E-state index is -0.958. The molecule has 0 aliphatic heterocycles. The molecule has 3 nitrogen and oxygen atoms in total. The van der Waals surface area contributed by atoms with Gasteiger partial charge in [-0.2, -0.15) is 0 Å². The number of rotatable bonds is 3. The standard InChI is InChI=1S/C10H13NO2.ClH/c1-7-2-4-8(5-3-7)6-9(11)10(12)13;/h2-5,9H,6,11H2,1H3,(H,12,13);1H/t9-;/m1./s1. The Balaban J connectivity index is 0.00000169. The number of carbonyl (C=O) groups is 1. The Morgan fingerprint density at radius 1 is 1.43 bits per heavy atom. The number of benzene rings is 1. The number of carboxylic acid groups (broad SMARTS) is 1. The van der Waals surface area contributed by atoms with E-state index < -0.39 is 12.0 Å². The first-order valence-corrected chi connectivity index (χ1v) is 4.13. The van der Waals surface area contributed by atoms with Gasteiger partial charge in [0, 0.05) is 0 Å². The Labute approximate surface area is 89.3 Å². The molecule has 0 spiro atoms. The Hall–Kier alpha value is -1.06. The van der Waals surface area contributed by atoms with Crippen LogP contribution in [-0.4, -0.2) is 17.1 Å². The zero-order valence-corrected chi connectivity index (χ0v) is 8.75. The zero-order valence-electron chi connectivity index (χ0n) is 7.93. The molecule has 3 N–H and O–H groups in total. The zero-order chi connectivity index (χ0) is 9.84. The molecule has 0 aromatic heterocycles. The first kappa shape index (κ1) is 12.9. The number of aryl methyl sites for hydroxylation is 1. The van der Waals surface area contributed by atoms with E-state index in [1.807, 2.05) is 31.2 Å². The summed E-state index contributed by atoms with van der Waals surface area (Å²) in [5, 5.41) is 8.57. The molecule has 1 atom stereocenters. The van der Waals surface area contributed by atoms with Crippen LogP contribution >= 0.6 is 12.4 Å². The van der Waals surface area contributed by atoms with Gasteiger partial charge in [-0.05, 0) is 18.9 Å². The Bertz CT molecular complexity index is 297. The smallest absolute Gasteiger partial charge is 0.320 e. The maximum absolute atomic E-state index is 10.4. The first-order chi connectivity index (χ1) is 6.09. The van der Waals surface area contributed by atoms with Crippen molar-refractivity contribution in [3.05, 3.63) is 35.4 Å². The minimum absolute atomic E-state index is 0. The Morgan fingerprint density at radius 3 is 2.36 bits per heavy atom. The predicted octanol–water partition coefficient (Wildman–Crippen LogP) is 1.37. The Morgan fingerprint density at radius 2 is 1.93 bits per heavy atom. The van der Waals surface area contributed by atoms with Gasteiger partial charge in [-0.3, -0.25) is 4.79 Å². The lowest BCUT2D eigenvalue weighted by Gasteiger charge is -2.05. The van der Waals surface area contributed by atoms with Gasteiger partial charge in [-0.25, -0.2) is 0 Å².